The fourth-order valence-electron chi connectivity index (χ4n) is 0.890. The Balaban J connectivity index is 4.10. The predicted octanol–water partition coefficient (Wildman–Crippen LogP) is 3.39. The summed E-state index contributed by atoms with van der Waals surface area (Å²) in [6.45, 7) is 4.61. The minimum Gasteiger partial charge on any atom is -0.236 e. The first-order valence-corrected chi connectivity index (χ1v) is 3.55. The van der Waals surface area contributed by atoms with E-state index in [1.807, 2.05) is 6.92 Å². The number of rotatable bonds is 3. The molecule has 0 aromatic rings. The van der Waals surface area contributed by atoms with E-state index in [-0.39, 0.29) is 6.42 Å². The molecule has 0 nitrogen and oxygen atoms in total. The van der Waals surface area contributed by atoms with E-state index >= 15 is 0 Å². The SMILES string of the molecule is C/C=C(/F)[C@@](C)(F)CCC. The number of hydrogen-bond acceptors (Lipinski definition) is 0. The quantitative estimate of drug-likeness (QED) is 0.575. The van der Waals surface area contributed by atoms with E-state index in [1.165, 1.54) is 19.9 Å². The summed E-state index contributed by atoms with van der Waals surface area (Å²) in [6, 6.07) is 0. The van der Waals surface area contributed by atoms with Gasteiger partial charge in [0.2, 0.25) is 0 Å². The lowest BCUT2D eigenvalue weighted by Crippen LogP contribution is -2.17. The maximum Gasteiger partial charge on any atom is 0.158 e. The molecule has 10 heavy (non-hydrogen) atoms. The summed E-state index contributed by atoms with van der Waals surface area (Å²) in [5.74, 6) is -0.658. The fraction of sp³-hybridized carbons (Fsp3) is 0.750. The van der Waals surface area contributed by atoms with Crippen molar-refractivity contribution < 1.29 is 8.78 Å². The highest BCUT2D eigenvalue weighted by Gasteiger charge is 2.26. The van der Waals surface area contributed by atoms with Gasteiger partial charge in [0.1, 0.15) is 5.83 Å². The molecule has 0 bridgehead atoms. The molecule has 0 N–H and O–H groups in total. The second kappa shape index (κ2) is 3.69. The summed E-state index contributed by atoms with van der Waals surface area (Å²) in [5, 5.41) is 0. The van der Waals surface area contributed by atoms with E-state index in [9.17, 15) is 8.78 Å². The summed E-state index contributed by atoms with van der Waals surface area (Å²) >= 11 is 0. The predicted molar refractivity (Wildman–Crippen MR) is 39.3 cm³/mol. The molecule has 0 aromatic heterocycles. The van der Waals surface area contributed by atoms with Crippen molar-refractivity contribution in [1.82, 2.24) is 0 Å². The average molecular weight is 148 g/mol. The Hall–Kier alpha value is -0.400. The highest BCUT2D eigenvalue weighted by Crippen LogP contribution is 2.27. The van der Waals surface area contributed by atoms with Crippen LogP contribution in [0.3, 0.4) is 0 Å². The maximum absolute atomic E-state index is 13.0. The van der Waals surface area contributed by atoms with Crippen molar-refractivity contribution in [3.8, 4) is 0 Å². The van der Waals surface area contributed by atoms with Crippen LogP contribution in [0, 0.1) is 0 Å². The number of halogens is 2. The molecular formula is C8H14F2. The summed E-state index contributed by atoms with van der Waals surface area (Å²) in [5.41, 5.74) is -1.75. The van der Waals surface area contributed by atoms with Gasteiger partial charge in [-0.3, -0.25) is 0 Å². The van der Waals surface area contributed by atoms with E-state index in [0.717, 1.165) is 0 Å². The first kappa shape index (κ1) is 9.60. The number of alkyl halides is 1. The van der Waals surface area contributed by atoms with Crippen molar-refractivity contribution in [2.24, 2.45) is 0 Å². The standard InChI is InChI=1S/C8H14F2/c1-4-6-8(3,10)7(9)5-2/h5H,4,6H2,1-3H3/b7-5+/t8-/m0/s1. The van der Waals surface area contributed by atoms with Gasteiger partial charge < -0.3 is 0 Å². The van der Waals surface area contributed by atoms with Crippen molar-refractivity contribution in [1.29, 1.82) is 0 Å². The van der Waals surface area contributed by atoms with Gasteiger partial charge in [0.15, 0.2) is 5.67 Å². The molecule has 2 heteroatoms. The van der Waals surface area contributed by atoms with Gasteiger partial charge in [0.25, 0.3) is 0 Å². The highest BCUT2D eigenvalue weighted by molar-refractivity contribution is 5.05. The van der Waals surface area contributed by atoms with Gasteiger partial charge in [-0.05, 0) is 20.3 Å². The van der Waals surface area contributed by atoms with Crippen LogP contribution in [0.5, 0.6) is 0 Å². The van der Waals surface area contributed by atoms with Gasteiger partial charge in [0, 0.05) is 0 Å². The van der Waals surface area contributed by atoms with Crippen LogP contribution in [0.25, 0.3) is 0 Å². The number of hydrogen-bond donors (Lipinski definition) is 0. The van der Waals surface area contributed by atoms with Crippen molar-refractivity contribution in [2.45, 2.75) is 39.3 Å². The minimum atomic E-state index is -1.75. The average Bonchev–Trinajstić information content (AvgIpc) is 1.86. The molecule has 0 spiro atoms. The Morgan fingerprint density at radius 2 is 2.10 bits per heavy atom. The lowest BCUT2D eigenvalue weighted by atomic mass is 10.0. The van der Waals surface area contributed by atoms with Crippen molar-refractivity contribution >= 4 is 0 Å². The molecule has 0 radical (unpaired) electrons. The number of allylic oxidation sites excluding steroid dienone is 2. The molecular weight excluding hydrogens is 134 g/mol. The topological polar surface area (TPSA) is 0 Å². The molecule has 0 saturated carbocycles. The Kier molecular flexibility index (Phi) is 3.54. The fourth-order valence-corrected chi connectivity index (χ4v) is 0.890. The molecule has 0 aliphatic heterocycles. The first-order chi connectivity index (χ1) is 4.54. The molecule has 0 fully saturated rings. The first-order valence-electron chi connectivity index (χ1n) is 3.55. The summed E-state index contributed by atoms with van der Waals surface area (Å²) < 4.78 is 25.6. The van der Waals surface area contributed by atoms with Crippen molar-refractivity contribution in [2.75, 3.05) is 0 Å². The van der Waals surface area contributed by atoms with Crippen LogP contribution in [0.1, 0.15) is 33.6 Å². The molecule has 0 amide bonds. The highest BCUT2D eigenvalue weighted by atomic mass is 19.2. The van der Waals surface area contributed by atoms with Crippen LogP contribution >= 0.6 is 0 Å². The molecule has 1 atom stereocenters. The van der Waals surface area contributed by atoms with E-state index in [2.05, 4.69) is 0 Å². The van der Waals surface area contributed by atoms with Gasteiger partial charge >= 0.3 is 0 Å². The third-order valence-corrected chi connectivity index (χ3v) is 1.47. The van der Waals surface area contributed by atoms with Crippen LogP contribution in [0.2, 0.25) is 0 Å². The summed E-state index contributed by atoms with van der Waals surface area (Å²) in [7, 11) is 0. The molecule has 60 valence electrons. The molecule has 0 heterocycles. The van der Waals surface area contributed by atoms with Gasteiger partial charge in [-0.15, -0.1) is 0 Å². The summed E-state index contributed by atoms with van der Waals surface area (Å²) in [4.78, 5) is 0. The van der Waals surface area contributed by atoms with E-state index in [4.69, 9.17) is 0 Å². The Morgan fingerprint density at radius 3 is 2.40 bits per heavy atom. The van der Waals surface area contributed by atoms with Gasteiger partial charge in [-0.1, -0.05) is 19.4 Å². The van der Waals surface area contributed by atoms with E-state index in [0.29, 0.717) is 6.42 Å². The smallest absolute Gasteiger partial charge is 0.158 e. The van der Waals surface area contributed by atoms with Gasteiger partial charge in [-0.25, -0.2) is 8.78 Å². The van der Waals surface area contributed by atoms with Crippen LogP contribution in [-0.2, 0) is 0 Å². The molecule has 0 unspecified atom stereocenters. The van der Waals surface area contributed by atoms with Crippen LogP contribution in [0.4, 0.5) is 8.78 Å². The van der Waals surface area contributed by atoms with Crippen LogP contribution in [-0.4, -0.2) is 5.67 Å². The second-order valence-corrected chi connectivity index (χ2v) is 2.58. The lowest BCUT2D eigenvalue weighted by Gasteiger charge is -2.16. The molecule has 0 aromatic carbocycles. The van der Waals surface area contributed by atoms with Gasteiger partial charge in [0.05, 0.1) is 0 Å². The van der Waals surface area contributed by atoms with E-state index < -0.39 is 11.5 Å². The largest absolute Gasteiger partial charge is 0.236 e. The maximum atomic E-state index is 13.0. The lowest BCUT2D eigenvalue weighted by molar-refractivity contribution is 0.183. The third kappa shape index (κ3) is 2.46. The Bertz CT molecular complexity index is 125. The van der Waals surface area contributed by atoms with Gasteiger partial charge in [-0.2, -0.15) is 0 Å². The Morgan fingerprint density at radius 1 is 1.60 bits per heavy atom. The zero-order valence-corrected chi connectivity index (χ0v) is 6.75. The Labute approximate surface area is 60.9 Å². The minimum absolute atomic E-state index is 0.253. The summed E-state index contributed by atoms with van der Waals surface area (Å²) in [6.07, 6.45) is 2.09. The second-order valence-electron chi connectivity index (χ2n) is 2.58. The molecule has 0 aliphatic rings. The van der Waals surface area contributed by atoms with Crippen molar-refractivity contribution in [3.63, 3.8) is 0 Å². The zero-order chi connectivity index (χ0) is 8.20. The van der Waals surface area contributed by atoms with Crippen molar-refractivity contribution in [3.05, 3.63) is 11.9 Å². The van der Waals surface area contributed by atoms with Crippen LogP contribution < -0.4 is 0 Å². The monoisotopic (exact) mass is 148 g/mol. The molecule has 0 aliphatic carbocycles. The zero-order valence-electron chi connectivity index (χ0n) is 6.75. The van der Waals surface area contributed by atoms with E-state index in [1.54, 1.807) is 0 Å². The normalized spacial score (nSPS) is 18.7. The van der Waals surface area contributed by atoms with Crippen LogP contribution in [0.15, 0.2) is 11.9 Å². The molecule has 0 rings (SSSR count). The third-order valence-electron chi connectivity index (χ3n) is 1.47. The molecule has 0 saturated heterocycles.